The maximum absolute atomic E-state index is 12.4. The molecule has 2 atom stereocenters. The van der Waals surface area contributed by atoms with E-state index in [1.165, 1.54) is 6.92 Å². The highest BCUT2D eigenvalue weighted by Crippen LogP contribution is 2.18. The van der Waals surface area contributed by atoms with Crippen molar-refractivity contribution in [2.45, 2.75) is 38.3 Å². The van der Waals surface area contributed by atoms with Crippen molar-refractivity contribution in [3.63, 3.8) is 0 Å². The number of carbonyl (C=O) groups is 4. The van der Waals surface area contributed by atoms with Crippen LogP contribution in [0.15, 0.2) is 64.8 Å². The number of azo groups is 1. The number of hydrogen-bond donors (Lipinski definition) is 4. The predicted octanol–water partition coefficient (Wildman–Crippen LogP) is 2.58. The van der Waals surface area contributed by atoms with Crippen molar-refractivity contribution in [1.82, 2.24) is 10.6 Å². The molecular weight excluding hydrogens is 416 g/mol. The zero-order valence-corrected chi connectivity index (χ0v) is 17.4. The number of aliphatic carboxylic acids is 2. The van der Waals surface area contributed by atoms with Crippen LogP contribution in [-0.2, 0) is 25.6 Å². The molecule has 0 unspecified atom stereocenters. The summed E-state index contributed by atoms with van der Waals surface area (Å²) in [7, 11) is 0. The molecule has 32 heavy (non-hydrogen) atoms. The third-order valence-electron chi connectivity index (χ3n) is 4.37. The standard InChI is InChI=1S/C22H24N4O6/c1-14(22(31)32)23-21(30)18(11-12-20(28)29)24-19(27)13-15-7-9-17(10-8-15)26-25-16-5-3-2-4-6-16/h2-10,14,18H,11-13H2,1H3,(H,23,30)(H,24,27)(H,28,29)(H,31,32)/t14-,18-/m0/s1. The van der Waals surface area contributed by atoms with Crippen LogP contribution in [0.4, 0.5) is 11.4 Å². The molecule has 2 rings (SSSR count). The molecule has 4 N–H and O–H groups in total. The van der Waals surface area contributed by atoms with Crippen molar-refractivity contribution in [2.75, 3.05) is 0 Å². The molecule has 0 aliphatic heterocycles. The lowest BCUT2D eigenvalue weighted by Crippen LogP contribution is -2.51. The molecule has 0 heterocycles. The largest absolute Gasteiger partial charge is 0.481 e. The van der Waals surface area contributed by atoms with E-state index in [0.717, 1.165) is 0 Å². The lowest BCUT2D eigenvalue weighted by molar-refractivity contribution is -0.142. The number of carbonyl (C=O) groups excluding carboxylic acids is 2. The molecule has 0 aromatic heterocycles. The van der Waals surface area contributed by atoms with Crippen LogP contribution in [0.3, 0.4) is 0 Å². The van der Waals surface area contributed by atoms with Gasteiger partial charge in [0.15, 0.2) is 0 Å². The first-order chi connectivity index (χ1) is 15.2. The summed E-state index contributed by atoms with van der Waals surface area (Å²) in [6, 6.07) is 13.6. The van der Waals surface area contributed by atoms with Crippen molar-refractivity contribution in [3.05, 3.63) is 60.2 Å². The van der Waals surface area contributed by atoms with Gasteiger partial charge in [0.2, 0.25) is 11.8 Å². The van der Waals surface area contributed by atoms with E-state index in [0.29, 0.717) is 16.9 Å². The minimum atomic E-state index is -1.24. The van der Waals surface area contributed by atoms with Crippen LogP contribution in [0.2, 0.25) is 0 Å². The highest BCUT2D eigenvalue weighted by molar-refractivity contribution is 5.91. The summed E-state index contributed by atoms with van der Waals surface area (Å²) < 4.78 is 0. The average Bonchev–Trinajstić information content (AvgIpc) is 2.76. The Bertz CT molecular complexity index is 976. The second-order valence-electron chi connectivity index (χ2n) is 7.00. The van der Waals surface area contributed by atoms with E-state index in [1.54, 1.807) is 24.3 Å². The Morgan fingerprint density at radius 1 is 0.875 bits per heavy atom. The van der Waals surface area contributed by atoms with E-state index >= 15 is 0 Å². The second kappa shape index (κ2) is 11.9. The molecule has 10 heteroatoms. The molecule has 0 saturated carbocycles. The number of carboxylic acid groups (broad SMARTS) is 2. The van der Waals surface area contributed by atoms with E-state index in [9.17, 15) is 19.2 Å². The molecule has 0 aliphatic carbocycles. The Morgan fingerprint density at radius 3 is 2.03 bits per heavy atom. The molecule has 2 aromatic carbocycles. The van der Waals surface area contributed by atoms with Gasteiger partial charge in [-0.3, -0.25) is 19.2 Å². The second-order valence-corrected chi connectivity index (χ2v) is 7.00. The maximum Gasteiger partial charge on any atom is 0.325 e. The first-order valence-corrected chi connectivity index (χ1v) is 9.84. The Balaban J connectivity index is 1.97. The Morgan fingerprint density at radius 2 is 1.47 bits per heavy atom. The molecular formula is C22H24N4O6. The van der Waals surface area contributed by atoms with Gasteiger partial charge in [0.25, 0.3) is 0 Å². The zero-order chi connectivity index (χ0) is 23.5. The van der Waals surface area contributed by atoms with Crippen LogP contribution < -0.4 is 10.6 Å². The fourth-order valence-corrected chi connectivity index (χ4v) is 2.63. The summed E-state index contributed by atoms with van der Waals surface area (Å²) in [5, 5.41) is 30.7. The van der Waals surface area contributed by atoms with E-state index in [2.05, 4.69) is 20.9 Å². The van der Waals surface area contributed by atoms with Crippen LogP contribution in [-0.4, -0.2) is 46.0 Å². The zero-order valence-electron chi connectivity index (χ0n) is 17.4. The quantitative estimate of drug-likeness (QED) is 0.393. The lowest BCUT2D eigenvalue weighted by atomic mass is 10.1. The van der Waals surface area contributed by atoms with Gasteiger partial charge in [0.05, 0.1) is 17.8 Å². The Labute approximate surface area is 184 Å². The molecule has 2 amide bonds. The smallest absolute Gasteiger partial charge is 0.325 e. The number of hydrogen-bond acceptors (Lipinski definition) is 6. The van der Waals surface area contributed by atoms with Crippen molar-refractivity contribution in [1.29, 1.82) is 0 Å². The normalized spacial score (nSPS) is 12.7. The molecule has 0 saturated heterocycles. The van der Waals surface area contributed by atoms with E-state index in [-0.39, 0.29) is 19.3 Å². The third kappa shape index (κ3) is 8.34. The van der Waals surface area contributed by atoms with Gasteiger partial charge >= 0.3 is 11.9 Å². The van der Waals surface area contributed by atoms with Crippen LogP contribution in [0.25, 0.3) is 0 Å². The monoisotopic (exact) mass is 440 g/mol. The number of benzene rings is 2. The number of rotatable bonds is 11. The highest BCUT2D eigenvalue weighted by Gasteiger charge is 2.24. The molecule has 2 aromatic rings. The summed E-state index contributed by atoms with van der Waals surface area (Å²) >= 11 is 0. The summed E-state index contributed by atoms with van der Waals surface area (Å²) in [5.41, 5.74) is 1.95. The SMILES string of the molecule is C[C@H](NC(=O)[C@H](CCC(=O)O)NC(=O)Cc1ccc(N=Nc2ccccc2)cc1)C(=O)O. The van der Waals surface area contributed by atoms with Crippen LogP contribution >= 0.6 is 0 Å². The number of carboxylic acids is 2. The maximum atomic E-state index is 12.4. The molecule has 0 spiro atoms. The van der Waals surface area contributed by atoms with Crippen LogP contribution in [0, 0.1) is 0 Å². The fraction of sp³-hybridized carbons (Fsp3) is 0.273. The molecule has 0 aliphatic rings. The molecule has 10 nitrogen and oxygen atoms in total. The summed E-state index contributed by atoms with van der Waals surface area (Å²) in [6.45, 7) is 1.27. The van der Waals surface area contributed by atoms with Gasteiger partial charge in [0.1, 0.15) is 12.1 Å². The molecule has 0 bridgehead atoms. The third-order valence-corrected chi connectivity index (χ3v) is 4.37. The average molecular weight is 440 g/mol. The van der Waals surface area contributed by atoms with Crippen molar-refractivity contribution in [2.24, 2.45) is 10.2 Å². The highest BCUT2D eigenvalue weighted by atomic mass is 16.4. The number of nitrogens with zero attached hydrogens (tertiary/aromatic N) is 2. The van der Waals surface area contributed by atoms with Crippen LogP contribution in [0.5, 0.6) is 0 Å². The van der Waals surface area contributed by atoms with Gasteiger partial charge in [-0.2, -0.15) is 10.2 Å². The fourth-order valence-electron chi connectivity index (χ4n) is 2.63. The van der Waals surface area contributed by atoms with Gasteiger partial charge in [-0.15, -0.1) is 0 Å². The van der Waals surface area contributed by atoms with Gasteiger partial charge in [0, 0.05) is 6.42 Å². The summed E-state index contributed by atoms with van der Waals surface area (Å²) in [4.78, 5) is 46.5. The van der Waals surface area contributed by atoms with Crippen molar-refractivity contribution >= 4 is 35.1 Å². The minimum Gasteiger partial charge on any atom is -0.481 e. The Kier molecular flexibility index (Phi) is 9.03. The first-order valence-electron chi connectivity index (χ1n) is 9.84. The lowest BCUT2D eigenvalue weighted by Gasteiger charge is -2.19. The number of nitrogens with one attached hydrogen (secondary N) is 2. The Hall–Kier alpha value is -4.08. The van der Waals surface area contributed by atoms with E-state index < -0.39 is 35.8 Å². The van der Waals surface area contributed by atoms with Gasteiger partial charge in [-0.1, -0.05) is 30.3 Å². The van der Waals surface area contributed by atoms with Crippen LogP contribution in [0.1, 0.15) is 25.3 Å². The summed E-state index contributed by atoms with van der Waals surface area (Å²) in [6.07, 6.45) is -0.583. The predicted molar refractivity (Wildman–Crippen MR) is 115 cm³/mol. The first kappa shape index (κ1) is 24.2. The minimum absolute atomic E-state index is 0.0541. The van der Waals surface area contributed by atoms with Crippen molar-refractivity contribution < 1.29 is 29.4 Å². The molecule has 0 fully saturated rings. The van der Waals surface area contributed by atoms with Gasteiger partial charge < -0.3 is 20.8 Å². The van der Waals surface area contributed by atoms with Crippen molar-refractivity contribution in [3.8, 4) is 0 Å². The number of amides is 2. The van der Waals surface area contributed by atoms with E-state index in [1.807, 2.05) is 30.3 Å². The topological polar surface area (TPSA) is 158 Å². The summed E-state index contributed by atoms with van der Waals surface area (Å²) in [5.74, 6) is -3.64. The molecule has 168 valence electrons. The van der Waals surface area contributed by atoms with Gasteiger partial charge in [-0.05, 0) is 43.2 Å². The molecule has 0 radical (unpaired) electrons. The van der Waals surface area contributed by atoms with E-state index in [4.69, 9.17) is 10.2 Å². The van der Waals surface area contributed by atoms with Gasteiger partial charge in [-0.25, -0.2) is 0 Å².